The van der Waals surface area contributed by atoms with Crippen LogP contribution in [0, 0.1) is 16.7 Å². The molecule has 2 heteroatoms. The third-order valence-corrected chi connectivity index (χ3v) is 3.64. The molecule has 0 heterocycles. The molecule has 0 radical (unpaired) electrons. The zero-order valence-electron chi connectivity index (χ0n) is 16.6. The van der Waals surface area contributed by atoms with Crippen LogP contribution in [0.4, 0.5) is 0 Å². The molecular formula is C20H40O2. The summed E-state index contributed by atoms with van der Waals surface area (Å²) in [5.74, 6) is 0.897. The molecule has 0 unspecified atom stereocenters. The Kier molecular flexibility index (Phi) is 8.16. The maximum absolute atomic E-state index is 11.3. The van der Waals surface area contributed by atoms with Gasteiger partial charge in [-0.1, -0.05) is 52.9 Å². The van der Waals surface area contributed by atoms with Gasteiger partial charge in [0.05, 0.1) is 5.41 Å². The molecule has 0 saturated heterocycles. The zero-order valence-corrected chi connectivity index (χ0v) is 16.6. The molecule has 0 aromatic rings. The van der Waals surface area contributed by atoms with Crippen molar-refractivity contribution in [2.75, 3.05) is 0 Å². The summed E-state index contributed by atoms with van der Waals surface area (Å²) in [4.78, 5) is 11.3. The Morgan fingerprint density at radius 2 is 1.32 bits per heavy atom. The highest BCUT2D eigenvalue weighted by atomic mass is 16.6. The van der Waals surface area contributed by atoms with E-state index in [-0.39, 0.29) is 11.6 Å². The van der Waals surface area contributed by atoms with Crippen LogP contribution in [0.15, 0.2) is 0 Å². The Balaban J connectivity index is 0.000000401. The van der Waals surface area contributed by atoms with Gasteiger partial charge in [-0.25, -0.2) is 0 Å². The fraction of sp³-hybridized carbons (Fsp3) is 0.950. The van der Waals surface area contributed by atoms with Crippen molar-refractivity contribution in [3.63, 3.8) is 0 Å². The molecule has 1 aliphatic rings. The Bertz CT molecular complexity index is 317. The normalized spacial score (nSPS) is 17.5. The minimum atomic E-state index is -0.396. The number of rotatable bonds is 1. The van der Waals surface area contributed by atoms with Crippen molar-refractivity contribution in [1.82, 2.24) is 0 Å². The average molecular weight is 313 g/mol. The first-order valence-electron chi connectivity index (χ1n) is 8.94. The van der Waals surface area contributed by atoms with Gasteiger partial charge in [0, 0.05) is 0 Å². The monoisotopic (exact) mass is 312 g/mol. The second-order valence-electron chi connectivity index (χ2n) is 10.0. The molecule has 1 saturated carbocycles. The molecule has 0 bridgehead atoms. The number of carbonyl (C=O) groups excluding carboxylic acids is 1. The molecule has 22 heavy (non-hydrogen) atoms. The largest absolute Gasteiger partial charge is 0.460 e. The van der Waals surface area contributed by atoms with Crippen molar-refractivity contribution in [3.8, 4) is 0 Å². The Morgan fingerprint density at radius 3 is 1.59 bits per heavy atom. The first kappa shape index (κ1) is 21.5. The number of esters is 1. The molecular weight excluding hydrogens is 272 g/mol. The van der Waals surface area contributed by atoms with Crippen molar-refractivity contribution in [2.24, 2.45) is 16.7 Å². The van der Waals surface area contributed by atoms with E-state index in [9.17, 15) is 4.79 Å². The van der Waals surface area contributed by atoms with Gasteiger partial charge in [-0.3, -0.25) is 4.79 Å². The zero-order chi connectivity index (χ0) is 17.6. The van der Waals surface area contributed by atoms with E-state index in [4.69, 9.17) is 4.74 Å². The quantitative estimate of drug-likeness (QED) is 0.525. The highest BCUT2D eigenvalue weighted by Crippen LogP contribution is 2.33. The standard InChI is InChI=1S/C11H22.C9H18O2/c1-11(2,3)9-10-7-5-4-6-8-10;1-8(2,3)7(10)11-9(4,5)6/h10H,4-9H2,1-3H3;1-6H3. The van der Waals surface area contributed by atoms with E-state index in [2.05, 4.69) is 20.8 Å². The third-order valence-electron chi connectivity index (χ3n) is 3.64. The SMILES string of the molecule is CC(C)(C)CC1CCCCC1.CC(C)(C)OC(=O)C(C)(C)C. The van der Waals surface area contributed by atoms with Crippen LogP contribution in [0.1, 0.15) is 101 Å². The lowest BCUT2D eigenvalue weighted by molar-refractivity contribution is -0.164. The molecule has 1 fully saturated rings. The molecule has 0 aromatic heterocycles. The molecule has 0 aliphatic heterocycles. The molecule has 0 amide bonds. The van der Waals surface area contributed by atoms with Gasteiger partial charge in [0.1, 0.15) is 5.60 Å². The lowest BCUT2D eigenvalue weighted by Gasteiger charge is -2.28. The first-order chi connectivity index (χ1) is 9.71. The number of carbonyl (C=O) groups is 1. The van der Waals surface area contributed by atoms with E-state index in [1.165, 1.54) is 38.5 Å². The van der Waals surface area contributed by atoms with Crippen molar-refractivity contribution < 1.29 is 9.53 Å². The molecule has 0 N–H and O–H groups in total. The van der Waals surface area contributed by atoms with Crippen LogP contribution in [0.3, 0.4) is 0 Å². The van der Waals surface area contributed by atoms with Gasteiger partial charge in [-0.15, -0.1) is 0 Å². The van der Waals surface area contributed by atoms with Crippen LogP contribution in [0.25, 0.3) is 0 Å². The minimum Gasteiger partial charge on any atom is -0.460 e. The first-order valence-corrected chi connectivity index (χ1v) is 8.94. The minimum absolute atomic E-state index is 0.148. The van der Waals surface area contributed by atoms with Gasteiger partial charge < -0.3 is 4.74 Å². The van der Waals surface area contributed by atoms with Gasteiger partial charge in [0.2, 0.25) is 0 Å². The van der Waals surface area contributed by atoms with Crippen LogP contribution in [0.5, 0.6) is 0 Å². The molecule has 1 aliphatic carbocycles. The highest BCUT2D eigenvalue weighted by molar-refractivity contribution is 5.75. The maximum Gasteiger partial charge on any atom is 0.311 e. The fourth-order valence-corrected chi connectivity index (χ4v) is 2.69. The van der Waals surface area contributed by atoms with Crippen molar-refractivity contribution in [3.05, 3.63) is 0 Å². The van der Waals surface area contributed by atoms with Gasteiger partial charge in [0.25, 0.3) is 0 Å². The van der Waals surface area contributed by atoms with Crippen LogP contribution in [-0.2, 0) is 9.53 Å². The molecule has 0 aromatic carbocycles. The Morgan fingerprint density at radius 1 is 0.864 bits per heavy atom. The van der Waals surface area contributed by atoms with Crippen molar-refractivity contribution >= 4 is 5.97 Å². The summed E-state index contributed by atoms with van der Waals surface area (Å²) in [5.41, 5.74) is -0.209. The van der Waals surface area contributed by atoms with E-state index >= 15 is 0 Å². The second kappa shape index (κ2) is 8.36. The van der Waals surface area contributed by atoms with E-state index in [0.717, 1.165) is 5.92 Å². The number of ether oxygens (including phenoxy) is 1. The molecule has 1 rings (SSSR count). The van der Waals surface area contributed by atoms with Crippen LogP contribution in [-0.4, -0.2) is 11.6 Å². The van der Waals surface area contributed by atoms with Gasteiger partial charge in [-0.2, -0.15) is 0 Å². The van der Waals surface area contributed by atoms with Crippen LogP contribution < -0.4 is 0 Å². The van der Waals surface area contributed by atoms with Crippen LogP contribution >= 0.6 is 0 Å². The summed E-state index contributed by atoms with van der Waals surface area (Å²) in [6.45, 7) is 18.2. The summed E-state index contributed by atoms with van der Waals surface area (Å²) in [5, 5.41) is 0. The predicted octanol–water partition coefficient (Wildman–Crippen LogP) is 6.38. The summed E-state index contributed by atoms with van der Waals surface area (Å²) in [6.07, 6.45) is 8.89. The van der Waals surface area contributed by atoms with E-state index < -0.39 is 5.41 Å². The molecule has 0 atom stereocenters. The number of hydrogen-bond donors (Lipinski definition) is 0. The van der Waals surface area contributed by atoms with E-state index in [0.29, 0.717) is 5.41 Å². The van der Waals surface area contributed by atoms with Gasteiger partial charge >= 0.3 is 5.97 Å². The lowest BCUT2D eigenvalue weighted by Crippen LogP contribution is -2.31. The van der Waals surface area contributed by atoms with E-state index in [1.807, 2.05) is 41.5 Å². The molecule has 0 spiro atoms. The van der Waals surface area contributed by atoms with Crippen molar-refractivity contribution in [1.29, 1.82) is 0 Å². The smallest absolute Gasteiger partial charge is 0.311 e. The fourth-order valence-electron chi connectivity index (χ4n) is 2.69. The maximum atomic E-state index is 11.3. The number of hydrogen-bond acceptors (Lipinski definition) is 2. The van der Waals surface area contributed by atoms with Crippen LogP contribution in [0.2, 0.25) is 0 Å². The van der Waals surface area contributed by atoms with E-state index in [1.54, 1.807) is 0 Å². The molecule has 2 nitrogen and oxygen atoms in total. The summed E-state index contributed by atoms with van der Waals surface area (Å²) in [6, 6.07) is 0. The highest BCUT2D eigenvalue weighted by Gasteiger charge is 2.27. The summed E-state index contributed by atoms with van der Waals surface area (Å²) in [7, 11) is 0. The average Bonchev–Trinajstić information content (AvgIpc) is 2.25. The Labute approximate surface area is 139 Å². The lowest BCUT2D eigenvalue weighted by atomic mass is 9.78. The Hall–Kier alpha value is -0.530. The second-order valence-corrected chi connectivity index (χ2v) is 10.0. The van der Waals surface area contributed by atoms with Gasteiger partial charge in [0.15, 0.2) is 0 Å². The molecule has 132 valence electrons. The third kappa shape index (κ3) is 12.1. The van der Waals surface area contributed by atoms with Gasteiger partial charge in [-0.05, 0) is 59.3 Å². The van der Waals surface area contributed by atoms with Crippen molar-refractivity contribution in [2.45, 2.75) is 106 Å². The predicted molar refractivity (Wildman–Crippen MR) is 95.9 cm³/mol. The topological polar surface area (TPSA) is 26.3 Å². The summed E-state index contributed by atoms with van der Waals surface area (Å²) >= 11 is 0. The summed E-state index contributed by atoms with van der Waals surface area (Å²) < 4.78 is 5.16.